The van der Waals surface area contributed by atoms with E-state index in [9.17, 15) is 8.42 Å². The quantitative estimate of drug-likeness (QED) is 0.856. The molecule has 1 saturated heterocycles. The fourth-order valence-electron chi connectivity index (χ4n) is 3.00. The predicted molar refractivity (Wildman–Crippen MR) is 87.9 cm³/mol. The highest BCUT2D eigenvalue weighted by molar-refractivity contribution is 7.89. The molecule has 0 spiro atoms. The van der Waals surface area contributed by atoms with E-state index >= 15 is 0 Å². The van der Waals surface area contributed by atoms with Gasteiger partial charge in [0.2, 0.25) is 10.0 Å². The van der Waals surface area contributed by atoms with Crippen LogP contribution in [0.2, 0.25) is 0 Å². The molecule has 2 rings (SSSR count). The summed E-state index contributed by atoms with van der Waals surface area (Å²) in [5.41, 5.74) is 0. The molecular weight excluding hydrogens is 300 g/mol. The van der Waals surface area contributed by atoms with Crippen LogP contribution in [-0.4, -0.2) is 46.7 Å². The molecule has 1 aliphatic rings. The maximum Gasteiger partial charge on any atom is 0.216 e. The van der Waals surface area contributed by atoms with E-state index in [1.54, 1.807) is 24.3 Å². The zero-order chi connectivity index (χ0) is 16.3. The molecule has 6 nitrogen and oxygen atoms in total. The molecule has 0 unspecified atom stereocenters. The topological polar surface area (TPSA) is 67.2 Å². The summed E-state index contributed by atoms with van der Waals surface area (Å²) in [5.74, 6) is 1.36. The third kappa shape index (κ3) is 3.70. The van der Waals surface area contributed by atoms with Crippen molar-refractivity contribution in [3.8, 4) is 0 Å². The van der Waals surface area contributed by atoms with Gasteiger partial charge in [-0.1, -0.05) is 13.3 Å². The van der Waals surface area contributed by atoms with Crippen molar-refractivity contribution in [2.45, 2.75) is 51.4 Å². The molecular formula is C15H28N4O2S. The predicted octanol–water partition coefficient (Wildman–Crippen LogP) is 1.35. The van der Waals surface area contributed by atoms with Gasteiger partial charge in [0.15, 0.2) is 0 Å². The number of hydrogen-bond donors (Lipinski definition) is 1. The normalized spacial score (nSPS) is 24.0. The van der Waals surface area contributed by atoms with E-state index in [1.165, 1.54) is 0 Å². The lowest BCUT2D eigenvalue weighted by molar-refractivity contribution is 0.199. The van der Waals surface area contributed by atoms with Gasteiger partial charge in [-0.25, -0.2) is 17.7 Å². The molecule has 2 heterocycles. The summed E-state index contributed by atoms with van der Waals surface area (Å²) in [6, 6.07) is 0.348. The number of rotatable bonds is 6. The molecule has 1 aromatic rings. The van der Waals surface area contributed by atoms with Crippen molar-refractivity contribution in [3.05, 3.63) is 18.2 Å². The summed E-state index contributed by atoms with van der Waals surface area (Å²) in [7, 11) is -1.16. The number of nitrogens with zero attached hydrogens (tertiary/aromatic N) is 3. The average molecular weight is 328 g/mol. The van der Waals surface area contributed by atoms with Crippen molar-refractivity contribution in [1.82, 2.24) is 19.2 Å². The summed E-state index contributed by atoms with van der Waals surface area (Å²) < 4.78 is 28.3. The lowest BCUT2D eigenvalue weighted by atomic mass is 9.91. The SMILES string of the molecule is CC[C@H]1CN(S(=O)(=O)C(C)C)CC[C@@H]1NCc1nccn1C. The van der Waals surface area contributed by atoms with Crippen molar-refractivity contribution in [3.63, 3.8) is 0 Å². The number of aryl methyl sites for hydroxylation is 1. The van der Waals surface area contributed by atoms with E-state index in [2.05, 4.69) is 17.2 Å². The lowest BCUT2D eigenvalue weighted by Crippen LogP contribution is -2.52. The van der Waals surface area contributed by atoms with E-state index in [0.29, 0.717) is 25.0 Å². The minimum Gasteiger partial charge on any atom is -0.337 e. The van der Waals surface area contributed by atoms with E-state index in [4.69, 9.17) is 0 Å². The van der Waals surface area contributed by atoms with Gasteiger partial charge in [-0.15, -0.1) is 0 Å². The second-order valence-corrected chi connectivity index (χ2v) is 8.84. The molecule has 1 aliphatic heterocycles. The standard InChI is InChI=1S/C15H28N4O2S/c1-5-13-11-19(22(20,21)12(2)3)8-6-14(13)17-10-15-16-7-9-18(15)4/h7,9,12-14,17H,5-6,8,10-11H2,1-4H3/t13-,14-/m0/s1. The van der Waals surface area contributed by atoms with Crippen LogP contribution in [0.5, 0.6) is 0 Å². The Labute approximate surface area is 134 Å². The number of imidazole rings is 1. The van der Waals surface area contributed by atoms with Gasteiger partial charge >= 0.3 is 0 Å². The van der Waals surface area contributed by atoms with Crippen molar-refractivity contribution in [2.24, 2.45) is 13.0 Å². The fourth-order valence-corrected chi connectivity index (χ4v) is 4.36. The maximum absolute atomic E-state index is 12.3. The van der Waals surface area contributed by atoms with Crippen LogP contribution >= 0.6 is 0 Å². The Morgan fingerprint density at radius 1 is 1.45 bits per heavy atom. The van der Waals surface area contributed by atoms with E-state index in [1.807, 2.05) is 17.8 Å². The van der Waals surface area contributed by atoms with Gasteiger partial charge in [-0.3, -0.25) is 0 Å². The van der Waals surface area contributed by atoms with Crippen LogP contribution in [0.15, 0.2) is 12.4 Å². The molecule has 1 aromatic heterocycles. The van der Waals surface area contributed by atoms with Gasteiger partial charge in [0.1, 0.15) is 5.82 Å². The van der Waals surface area contributed by atoms with Gasteiger partial charge in [0, 0.05) is 38.6 Å². The highest BCUT2D eigenvalue weighted by atomic mass is 32.2. The van der Waals surface area contributed by atoms with Crippen LogP contribution in [0.4, 0.5) is 0 Å². The smallest absolute Gasteiger partial charge is 0.216 e. The Bertz CT molecular complexity index is 582. The second kappa shape index (κ2) is 7.10. The van der Waals surface area contributed by atoms with Crippen LogP contribution < -0.4 is 5.32 Å². The average Bonchev–Trinajstić information content (AvgIpc) is 2.90. The molecule has 22 heavy (non-hydrogen) atoms. The van der Waals surface area contributed by atoms with Gasteiger partial charge in [0.05, 0.1) is 11.8 Å². The molecule has 0 saturated carbocycles. The number of sulfonamides is 1. The third-order valence-corrected chi connectivity index (χ3v) is 6.86. The van der Waals surface area contributed by atoms with Crippen LogP contribution in [0.3, 0.4) is 0 Å². The van der Waals surface area contributed by atoms with Crippen molar-refractivity contribution in [2.75, 3.05) is 13.1 Å². The highest BCUT2D eigenvalue weighted by Crippen LogP contribution is 2.24. The molecule has 7 heteroatoms. The summed E-state index contributed by atoms with van der Waals surface area (Å²) in [4.78, 5) is 4.32. The highest BCUT2D eigenvalue weighted by Gasteiger charge is 2.35. The zero-order valence-electron chi connectivity index (χ0n) is 14.0. The molecule has 0 radical (unpaired) electrons. The van der Waals surface area contributed by atoms with E-state index in [-0.39, 0.29) is 5.25 Å². The molecule has 1 fully saturated rings. The van der Waals surface area contributed by atoms with Gasteiger partial charge in [-0.05, 0) is 26.2 Å². The number of piperidine rings is 1. The van der Waals surface area contributed by atoms with Crippen LogP contribution in [-0.2, 0) is 23.6 Å². The minimum atomic E-state index is -3.14. The molecule has 0 aromatic carbocycles. The van der Waals surface area contributed by atoms with Crippen molar-refractivity contribution >= 4 is 10.0 Å². The second-order valence-electron chi connectivity index (χ2n) is 6.35. The molecule has 0 amide bonds. The Morgan fingerprint density at radius 3 is 2.73 bits per heavy atom. The minimum absolute atomic E-state index is 0.345. The number of nitrogens with one attached hydrogen (secondary N) is 1. The fraction of sp³-hybridized carbons (Fsp3) is 0.800. The first-order chi connectivity index (χ1) is 10.4. The maximum atomic E-state index is 12.3. The Kier molecular flexibility index (Phi) is 5.63. The summed E-state index contributed by atoms with van der Waals surface area (Å²) in [6.45, 7) is 7.58. The Hall–Kier alpha value is -0.920. The van der Waals surface area contributed by atoms with Gasteiger partial charge < -0.3 is 9.88 Å². The third-order valence-electron chi connectivity index (χ3n) is 4.62. The summed E-state index contributed by atoms with van der Waals surface area (Å²) >= 11 is 0. The van der Waals surface area contributed by atoms with E-state index < -0.39 is 10.0 Å². The van der Waals surface area contributed by atoms with Crippen molar-refractivity contribution < 1.29 is 8.42 Å². The lowest BCUT2D eigenvalue weighted by Gasteiger charge is -2.38. The first-order valence-corrected chi connectivity index (χ1v) is 9.55. The van der Waals surface area contributed by atoms with Crippen LogP contribution in [0.1, 0.15) is 39.4 Å². The largest absolute Gasteiger partial charge is 0.337 e. The van der Waals surface area contributed by atoms with E-state index in [0.717, 1.165) is 25.2 Å². The molecule has 1 N–H and O–H groups in total. The summed E-state index contributed by atoms with van der Waals surface area (Å²) in [6.07, 6.45) is 5.56. The number of hydrogen-bond acceptors (Lipinski definition) is 4. The Balaban J connectivity index is 1.97. The van der Waals surface area contributed by atoms with Crippen LogP contribution in [0, 0.1) is 5.92 Å². The molecule has 0 aliphatic carbocycles. The summed E-state index contributed by atoms with van der Waals surface area (Å²) in [5, 5.41) is 3.22. The molecule has 126 valence electrons. The first kappa shape index (κ1) is 17.4. The Morgan fingerprint density at radius 2 is 2.18 bits per heavy atom. The number of aromatic nitrogens is 2. The molecule has 0 bridgehead atoms. The van der Waals surface area contributed by atoms with Gasteiger partial charge in [0.25, 0.3) is 0 Å². The first-order valence-electron chi connectivity index (χ1n) is 8.04. The van der Waals surface area contributed by atoms with Crippen LogP contribution in [0.25, 0.3) is 0 Å². The monoisotopic (exact) mass is 328 g/mol. The molecule has 2 atom stereocenters. The van der Waals surface area contributed by atoms with Crippen molar-refractivity contribution in [1.29, 1.82) is 0 Å². The van der Waals surface area contributed by atoms with Gasteiger partial charge in [-0.2, -0.15) is 0 Å². The zero-order valence-corrected chi connectivity index (χ0v) is 14.8.